The predicted octanol–water partition coefficient (Wildman–Crippen LogP) is 1.27. The molecule has 1 aliphatic rings. The summed E-state index contributed by atoms with van der Waals surface area (Å²) in [6, 6.07) is 10.3. The van der Waals surface area contributed by atoms with E-state index in [1.54, 1.807) is 11.8 Å². The lowest BCUT2D eigenvalue weighted by atomic mass is 10.1. The van der Waals surface area contributed by atoms with Crippen molar-refractivity contribution >= 4 is 34.2 Å². The van der Waals surface area contributed by atoms with Crippen molar-refractivity contribution in [3.05, 3.63) is 35.9 Å². The summed E-state index contributed by atoms with van der Waals surface area (Å²) >= 11 is 6.94. The summed E-state index contributed by atoms with van der Waals surface area (Å²) in [7, 11) is 0. The largest absolute Gasteiger partial charge is 0.369 e. The van der Waals surface area contributed by atoms with E-state index in [0.717, 1.165) is 23.2 Å². The number of carbonyl (C=O) groups excluding carboxylic acids is 1. The van der Waals surface area contributed by atoms with Crippen LogP contribution >= 0.6 is 24.0 Å². The van der Waals surface area contributed by atoms with E-state index in [1.165, 1.54) is 5.56 Å². The molecule has 1 aromatic carbocycles. The summed E-state index contributed by atoms with van der Waals surface area (Å²) in [6.07, 6.45) is 0.950. The summed E-state index contributed by atoms with van der Waals surface area (Å²) in [5.41, 5.74) is 6.52. The molecule has 0 bridgehead atoms. The number of nitrogens with zero attached hydrogens (tertiary/aromatic N) is 2. The zero-order valence-corrected chi connectivity index (χ0v) is 12.3. The Morgan fingerprint density at radius 2 is 2.11 bits per heavy atom. The predicted molar refractivity (Wildman–Crippen MR) is 82.7 cm³/mol. The fourth-order valence-electron chi connectivity index (χ4n) is 1.96. The van der Waals surface area contributed by atoms with Crippen LogP contribution in [0.5, 0.6) is 0 Å². The highest BCUT2D eigenvalue weighted by Crippen LogP contribution is 2.18. The fraction of sp³-hybridized carbons (Fsp3) is 0.385. The van der Waals surface area contributed by atoms with Gasteiger partial charge in [0.15, 0.2) is 0 Å². The summed E-state index contributed by atoms with van der Waals surface area (Å²) in [5.74, 6) is 0.445. The molecule has 2 N–H and O–H groups in total. The van der Waals surface area contributed by atoms with E-state index >= 15 is 0 Å². The number of nitrogens with two attached hydrogens (primary N) is 1. The number of benzene rings is 1. The topological polar surface area (TPSA) is 49.6 Å². The van der Waals surface area contributed by atoms with Crippen molar-refractivity contribution in [3.63, 3.8) is 0 Å². The SMILES string of the molecule is NC(=O)CN1CSC(=S)N(CCc2ccccc2)C1. The van der Waals surface area contributed by atoms with Gasteiger partial charge in [0, 0.05) is 6.54 Å². The van der Waals surface area contributed by atoms with Gasteiger partial charge in [-0.2, -0.15) is 0 Å². The number of thioether (sulfide) groups is 1. The lowest BCUT2D eigenvalue weighted by molar-refractivity contribution is -0.119. The molecule has 1 amide bonds. The Bertz CT molecular complexity index is 452. The quantitative estimate of drug-likeness (QED) is 0.829. The standard InChI is InChI=1S/C13H17N3OS2/c14-12(17)8-15-9-16(13(18)19-10-15)7-6-11-4-2-1-3-5-11/h1-5H,6-10H2,(H2,14,17). The van der Waals surface area contributed by atoms with Crippen LogP contribution < -0.4 is 5.73 Å². The van der Waals surface area contributed by atoms with Crippen LogP contribution in [-0.4, -0.2) is 45.7 Å². The van der Waals surface area contributed by atoms with E-state index in [0.29, 0.717) is 6.67 Å². The van der Waals surface area contributed by atoms with Gasteiger partial charge < -0.3 is 10.6 Å². The molecule has 0 aromatic heterocycles. The molecule has 0 spiro atoms. The van der Waals surface area contributed by atoms with Crippen LogP contribution in [0.2, 0.25) is 0 Å². The molecule has 1 saturated heterocycles. The number of carbonyl (C=O) groups is 1. The van der Waals surface area contributed by atoms with Crippen LogP contribution in [0.3, 0.4) is 0 Å². The Balaban J connectivity index is 1.87. The van der Waals surface area contributed by atoms with Crippen molar-refractivity contribution in [1.29, 1.82) is 0 Å². The van der Waals surface area contributed by atoms with Gasteiger partial charge in [-0.05, 0) is 12.0 Å². The monoisotopic (exact) mass is 295 g/mol. The smallest absolute Gasteiger partial charge is 0.231 e. The third-order valence-corrected chi connectivity index (χ3v) is 4.50. The average molecular weight is 295 g/mol. The third kappa shape index (κ3) is 4.49. The molecule has 2 rings (SSSR count). The van der Waals surface area contributed by atoms with Crippen molar-refractivity contribution in [3.8, 4) is 0 Å². The molecule has 1 aliphatic heterocycles. The number of primary amides is 1. The van der Waals surface area contributed by atoms with Gasteiger partial charge >= 0.3 is 0 Å². The molecule has 1 fully saturated rings. The highest BCUT2D eigenvalue weighted by Gasteiger charge is 2.22. The van der Waals surface area contributed by atoms with Crippen LogP contribution in [0, 0.1) is 0 Å². The molecule has 6 heteroatoms. The Hall–Kier alpha value is -1.11. The van der Waals surface area contributed by atoms with Crippen molar-refractivity contribution in [2.45, 2.75) is 6.42 Å². The average Bonchev–Trinajstić information content (AvgIpc) is 2.40. The highest BCUT2D eigenvalue weighted by atomic mass is 32.2. The molecule has 1 heterocycles. The van der Waals surface area contributed by atoms with E-state index in [2.05, 4.69) is 17.0 Å². The van der Waals surface area contributed by atoms with E-state index in [1.807, 2.05) is 23.1 Å². The highest BCUT2D eigenvalue weighted by molar-refractivity contribution is 8.22. The molecular weight excluding hydrogens is 278 g/mol. The zero-order chi connectivity index (χ0) is 13.7. The number of rotatable bonds is 5. The first-order chi connectivity index (χ1) is 9.15. The number of thiocarbonyl (C=S) groups is 1. The van der Waals surface area contributed by atoms with Gasteiger partial charge in [-0.25, -0.2) is 0 Å². The lowest BCUT2D eigenvalue weighted by Crippen LogP contribution is -2.48. The summed E-state index contributed by atoms with van der Waals surface area (Å²) in [4.78, 5) is 15.1. The van der Waals surface area contributed by atoms with Crippen molar-refractivity contribution < 1.29 is 4.79 Å². The molecule has 0 unspecified atom stereocenters. The second-order valence-electron chi connectivity index (χ2n) is 4.48. The molecule has 0 radical (unpaired) electrons. The van der Waals surface area contributed by atoms with Crippen LogP contribution in [0.25, 0.3) is 0 Å². The first kappa shape index (κ1) is 14.3. The van der Waals surface area contributed by atoms with Crippen molar-refractivity contribution in [2.75, 3.05) is 25.6 Å². The van der Waals surface area contributed by atoms with Gasteiger partial charge in [-0.15, -0.1) is 0 Å². The van der Waals surface area contributed by atoms with Crippen molar-refractivity contribution in [2.24, 2.45) is 5.73 Å². The Morgan fingerprint density at radius 1 is 1.37 bits per heavy atom. The molecule has 102 valence electrons. The minimum Gasteiger partial charge on any atom is -0.369 e. The van der Waals surface area contributed by atoms with E-state index < -0.39 is 0 Å². The summed E-state index contributed by atoms with van der Waals surface area (Å²) < 4.78 is 0.900. The molecule has 0 atom stereocenters. The van der Waals surface area contributed by atoms with E-state index in [4.69, 9.17) is 18.0 Å². The Morgan fingerprint density at radius 3 is 2.79 bits per heavy atom. The van der Waals surface area contributed by atoms with Crippen LogP contribution in [0.4, 0.5) is 0 Å². The lowest BCUT2D eigenvalue weighted by Gasteiger charge is -2.36. The molecular formula is C13H17N3OS2. The molecule has 0 aliphatic carbocycles. The Kier molecular flexibility index (Phi) is 5.18. The van der Waals surface area contributed by atoms with Gasteiger partial charge in [0.05, 0.1) is 19.1 Å². The van der Waals surface area contributed by atoms with E-state index in [9.17, 15) is 4.79 Å². The molecule has 1 aromatic rings. The maximum atomic E-state index is 11.0. The summed E-state index contributed by atoms with van der Waals surface area (Å²) in [6.45, 7) is 1.84. The van der Waals surface area contributed by atoms with Gasteiger partial charge in [0.25, 0.3) is 0 Å². The normalized spacial score (nSPS) is 16.6. The first-order valence-corrected chi connectivity index (χ1v) is 7.51. The maximum absolute atomic E-state index is 11.0. The van der Waals surface area contributed by atoms with Crippen LogP contribution in [-0.2, 0) is 11.2 Å². The number of amides is 1. The molecule has 4 nitrogen and oxygen atoms in total. The fourth-order valence-corrected chi connectivity index (χ4v) is 3.07. The van der Waals surface area contributed by atoms with Gasteiger partial charge in [-0.1, -0.05) is 54.3 Å². The van der Waals surface area contributed by atoms with Gasteiger partial charge in [0.1, 0.15) is 4.32 Å². The second kappa shape index (κ2) is 6.88. The Labute approximate surface area is 122 Å². The maximum Gasteiger partial charge on any atom is 0.231 e. The summed E-state index contributed by atoms with van der Waals surface area (Å²) in [5, 5.41) is 0. The van der Waals surface area contributed by atoms with E-state index in [-0.39, 0.29) is 12.5 Å². The van der Waals surface area contributed by atoms with Crippen molar-refractivity contribution in [1.82, 2.24) is 9.80 Å². The molecule has 19 heavy (non-hydrogen) atoms. The van der Waals surface area contributed by atoms with Gasteiger partial charge in [0.2, 0.25) is 5.91 Å². The first-order valence-electron chi connectivity index (χ1n) is 6.11. The van der Waals surface area contributed by atoms with Gasteiger partial charge in [-0.3, -0.25) is 9.69 Å². The number of hydrogen-bond acceptors (Lipinski definition) is 4. The van der Waals surface area contributed by atoms with Crippen LogP contribution in [0.15, 0.2) is 30.3 Å². The molecule has 0 saturated carbocycles. The second-order valence-corrected chi connectivity index (χ2v) is 6.05. The minimum absolute atomic E-state index is 0.289. The zero-order valence-electron chi connectivity index (χ0n) is 10.6. The minimum atomic E-state index is -0.295. The third-order valence-electron chi connectivity index (χ3n) is 2.89. The van der Waals surface area contributed by atoms with Crippen LogP contribution in [0.1, 0.15) is 5.56 Å². The number of hydrogen-bond donors (Lipinski definition) is 1.